The molecule has 7 heteroatoms. The summed E-state index contributed by atoms with van der Waals surface area (Å²) in [6.45, 7) is 3.62. The summed E-state index contributed by atoms with van der Waals surface area (Å²) < 4.78 is 7.36. The average Bonchev–Trinajstić information content (AvgIpc) is 3.32. The van der Waals surface area contributed by atoms with Gasteiger partial charge in [-0.1, -0.05) is 78.9 Å². The van der Waals surface area contributed by atoms with Gasteiger partial charge < -0.3 is 9.64 Å². The molecule has 0 saturated carbocycles. The second-order valence-electron chi connectivity index (χ2n) is 8.66. The number of carbonyl (C=O) groups is 2. The predicted octanol–water partition coefficient (Wildman–Crippen LogP) is 5.10. The Labute approximate surface area is 211 Å². The molecule has 0 unspecified atom stereocenters. The first-order chi connectivity index (χ1) is 17.5. The van der Waals surface area contributed by atoms with Crippen molar-refractivity contribution in [3.05, 3.63) is 103 Å². The smallest absolute Gasteiger partial charge is 0.257 e. The van der Waals surface area contributed by atoms with E-state index in [-0.39, 0.29) is 24.4 Å². The molecule has 4 rings (SSSR count). The number of benzene rings is 3. The van der Waals surface area contributed by atoms with E-state index in [1.807, 2.05) is 116 Å². The van der Waals surface area contributed by atoms with E-state index in [1.165, 1.54) is 12.0 Å². The van der Waals surface area contributed by atoms with E-state index < -0.39 is 6.10 Å². The van der Waals surface area contributed by atoms with Crippen molar-refractivity contribution in [2.45, 2.75) is 26.0 Å². The Morgan fingerprint density at radius 1 is 0.917 bits per heavy atom. The number of para-hydroxylation sites is 1. The molecular formula is C29H30N4O3. The molecular weight excluding hydrogens is 452 g/mol. The number of imidazole rings is 1. The first kappa shape index (κ1) is 24.9. The predicted molar refractivity (Wildman–Crippen MR) is 141 cm³/mol. The van der Waals surface area contributed by atoms with Crippen molar-refractivity contribution >= 4 is 17.8 Å². The van der Waals surface area contributed by atoms with E-state index in [2.05, 4.69) is 5.32 Å². The largest absolute Gasteiger partial charge is 0.367 e. The molecule has 2 amide bonds. The maximum absolute atomic E-state index is 13.4. The van der Waals surface area contributed by atoms with Crippen molar-refractivity contribution in [1.29, 1.82) is 0 Å². The quantitative estimate of drug-likeness (QED) is 0.360. The fourth-order valence-corrected chi connectivity index (χ4v) is 3.99. The summed E-state index contributed by atoms with van der Waals surface area (Å²) in [5.74, 6) is -0.236. The molecule has 3 aromatic carbocycles. The lowest BCUT2D eigenvalue weighted by Crippen LogP contribution is -2.45. The minimum absolute atomic E-state index is 0.133. The SMILES string of the molecule is CO[C@@H](C(=O)N(CC(=O)Nc1nc(-c2ccccc2)cn1-c1ccccc1)C(C)C)c1ccccc1. The molecule has 0 fully saturated rings. The molecule has 1 heterocycles. The van der Waals surface area contributed by atoms with Crippen LogP contribution in [0.1, 0.15) is 25.5 Å². The fourth-order valence-electron chi connectivity index (χ4n) is 3.99. The van der Waals surface area contributed by atoms with Crippen LogP contribution in [-0.4, -0.2) is 46.0 Å². The minimum Gasteiger partial charge on any atom is -0.367 e. The van der Waals surface area contributed by atoms with E-state index in [4.69, 9.17) is 9.72 Å². The summed E-state index contributed by atoms with van der Waals surface area (Å²) in [4.78, 5) is 32.8. The molecule has 7 nitrogen and oxygen atoms in total. The van der Waals surface area contributed by atoms with Crippen LogP contribution in [0.4, 0.5) is 5.95 Å². The Bertz CT molecular complexity index is 1290. The minimum atomic E-state index is -0.794. The lowest BCUT2D eigenvalue weighted by molar-refractivity contribution is -0.146. The Morgan fingerprint density at radius 3 is 2.08 bits per heavy atom. The number of amides is 2. The molecule has 0 aliphatic rings. The monoisotopic (exact) mass is 482 g/mol. The lowest BCUT2D eigenvalue weighted by atomic mass is 10.1. The van der Waals surface area contributed by atoms with E-state index in [0.29, 0.717) is 5.95 Å². The number of rotatable bonds is 9. The number of ether oxygens (including phenoxy) is 1. The number of hydrogen-bond acceptors (Lipinski definition) is 4. The van der Waals surface area contributed by atoms with E-state index in [9.17, 15) is 9.59 Å². The van der Waals surface area contributed by atoms with E-state index in [1.54, 1.807) is 0 Å². The average molecular weight is 483 g/mol. The highest BCUT2D eigenvalue weighted by atomic mass is 16.5. The molecule has 184 valence electrons. The van der Waals surface area contributed by atoms with Crippen LogP contribution in [-0.2, 0) is 14.3 Å². The third-order valence-electron chi connectivity index (χ3n) is 5.84. The van der Waals surface area contributed by atoms with Crippen LogP contribution in [0.2, 0.25) is 0 Å². The van der Waals surface area contributed by atoms with Crippen molar-refractivity contribution in [1.82, 2.24) is 14.5 Å². The molecule has 4 aromatic rings. The molecule has 1 aromatic heterocycles. The Hall–Kier alpha value is -4.23. The van der Waals surface area contributed by atoms with Crippen LogP contribution < -0.4 is 5.32 Å². The summed E-state index contributed by atoms with van der Waals surface area (Å²) in [5, 5.41) is 2.91. The van der Waals surface area contributed by atoms with Crippen molar-refractivity contribution in [2.24, 2.45) is 0 Å². The van der Waals surface area contributed by atoms with Gasteiger partial charge in [0, 0.05) is 30.6 Å². The van der Waals surface area contributed by atoms with Gasteiger partial charge in [-0.15, -0.1) is 0 Å². The molecule has 0 bridgehead atoms. The lowest BCUT2D eigenvalue weighted by Gasteiger charge is -2.29. The summed E-state index contributed by atoms with van der Waals surface area (Å²) in [6, 6.07) is 28.5. The third kappa shape index (κ3) is 5.70. The second kappa shape index (κ2) is 11.5. The van der Waals surface area contributed by atoms with Crippen LogP contribution in [0.15, 0.2) is 97.2 Å². The summed E-state index contributed by atoms with van der Waals surface area (Å²) in [5.41, 5.74) is 3.27. The summed E-state index contributed by atoms with van der Waals surface area (Å²) >= 11 is 0. The topological polar surface area (TPSA) is 76.5 Å². The van der Waals surface area contributed by atoms with Gasteiger partial charge in [0.1, 0.15) is 6.54 Å². The normalized spacial score (nSPS) is 11.8. The van der Waals surface area contributed by atoms with Gasteiger partial charge in [-0.3, -0.25) is 19.5 Å². The van der Waals surface area contributed by atoms with E-state index >= 15 is 0 Å². The van der Waals surface area contributed by atoms with Crippen LogP contribution >= 0.6 is 0 Å². The molecule has 0 saturated heterocycles. The number of hydrogen-bond donors (Lipinski definition) is 1. The molecule has 36 heavy (non-hydrogen) atoms. The van der Waals surface area contributed by atoms with Crippen LogP contribution in [0.5, 0.6) is 0 Å². The van der Waals surface area contributed by atoms with E-state index in [0.717, 1.165) is 22.5 Å². The first-order valence-electron chi connectivity index (χ1n) is 11.9. The van der Waals surface area contributed by atoms with Gasteiger partial charge >= 0.3 is 0 Å². The summed E-state index contributed by atoms with van der Waals surface area (Å²) in [7, 11) is 1.50. The van der Waals surface area contributed by atoms with Gasteiger partial charge in [0.05, 0.1) is 5.69 Å². The Balaban J connectivity index is 1.58. The first-order valence-corrected chi connectivity index (χ1v) is 11.9. The second-order valence-corrected chi connectivity index (χ2v) is 8.66. The Morgan fingerprint density at radius 2 is 1.50 bits per heavy atom. The number of nitrogens with one attached hydrogen (secondary N) is 1. The molecule has 1 atom stereocenters. The van der Waals surface area contributed by atoms with Crippen molar-refractivity contribution in [2.75, 3.05) is 19.0 Å². The number of nitrogens with zero attached hydrogens (tertiary/aromatic N) is 3. The number of aromatic nitrogens is 2. The molecule has 0 spiro atoms. The Kier molecular flexibility index (Phi) is 7.92. The number of carbonyl (C=O) groups excluding carboxylic acids is 2. The van der Waals surface area contributed by atoms with Gasteiger partial charge in [-0.2, -0.15) is 0 Å². The molecule has 0 aliphatic carbocycles. The summed E-state index contributed by atoms with van der Waals surface area (Å²) in [6.07, 6.45) is 1.10. The number of methoxy groups -OCH3 is 1. The highest BCUT2D eigenvalue weighted by molar-refractivity contribution is 5.95. The molecule has 0 aliphatic heterocycles. The fraction of sp³-hybridized carbons (Fsp3) is 0.207. The highest BCUT2D eigenvalue weighted by Gasteiger charge is 2.29. The third-order valence-corrected chi connectivity index (χ3v) is 5.84. The van der Waals surface area contributed by atoms with Gasteiger partial charge in [0.2, 0.25) is 11.9 Å². The van der Waals surface area contributed by atoms with Crippen molar-refractivity contribution < 1.29 is 14.3 Å². The van der Waals surface area contributed by atoms with Gasteiger partial charge in [-0.05, 0) is 31.5 Å². The van der Waals surface area contributed by atoms with Gasteiger partial charge in [0.15, 0.2) is 6.10 Å². The molecule has 0 radical (unpaired) electrons. The zero-order valence-corrected chi connectivity index (χ0v) is 20.7. The zero-order valence-electron chi connectivity index (χ0n) is 20.7. The van der Waals surface area contributed by atoms with Crippen LogP contribution in [0.3, 0.4) is 0 Å². The maximum Gasteiger partial charge on any atom is 0.257 e. The van der Waals surface area contributed by atoms with Crippen molar-refractivity contribution in [3.63, 3.8) is 0 Å². The standard InChI is InChI=1S/C29H30N4O3/c1-21(2)32(28(35)27(36-3)23-15-9-5-10-16-23)20-26(34)31-29-30-25(22-13-7-4-8-14-22)19-33(29)24-17-11-6-12-18-24/h4-19,21,27H,20H2,1-3H3,(H,30,31,34)/t27-/m1/s1. The maximum atomic E-state index is 13.4. The molecule has 1 N–H and O–H groups in total. The van der Waals surface area contributed by atoms with Crippen LogP contribution in [0.25, 0.3) is 16.9 Å². The van der Waals surface area contributed by atoms with Crippen LogP contribution in [0, 0.1) is 0 Å². The van der Waals surface area contributed by atoms with Crippen molar-refractivity contribution in [3.8, 4) is 16.9 Å². The van der Waals surface area contributed by atoms with Gasteiger partial charge in [-0.25, -0.2) is 4.98 Å². The highest BCUT2D eigenvalue weighted by Crippen LogP contribution is 2.25. The zero-order chi connectivity index (χ0) is 25.5. The van der Waals surface area contributed by atoms with Gasteiger partial charge in [0.25, 0.3) is 5.91 Å². The number of anilines is 1.